The summed E-state index contributed by atoms with van der Waals surface area (Å²) in [6.07, 6.45) is 4.24. The topological polar surface area (TPSA) is 88.4 Å². The molecule has 3 atom stereocenters. The van der Waals surface area contributed by atoms with E-state index in [4.69, 9.17) is 0 Å². The molecular formula is C23H31N7O. The van der Waals surface area contributed by atoms with Crippen molar-refractivity contribution >= 4 is 22.6 Å². The van der Waals surface area contributed by atoms with Gasteiger partial charge in [0.1, 0.15) is 17.1 Å². The fourth-order valence-electron chi connectivity index (χ4n) is 4.74. The van der Waals surface area contributed by atoms with Gasteiger partial charge in [-0.2, -0.15) is 5.26 Å². The summed E-state index contributed by atoms with van der Waals surface area (Å²) in [5.74, 6) is 0.536. The Hall–Kier alpha value is -2.76. The van der Waals surface area contributed by atoms with E-state index in [2.05, 4.69) is 50.0 Å². The highest BCUT2D eigenvalue weighted by Gasteiger charge is 2.30. The molecule has 2 fully saturated rings. The van der Waals surface area contributed by atoms with Gasteiger partial charge in [0.05, 0.1) is 17.3 Å². The number of piperidine rings is 1. The fraction of sp³-hybridized carbons (Fsp3) is 0.565. The number of fused-ring (bicyclic) bond motifs is 1. The molecule has 2 aromatic rings. The Morgan fingerprint density at radius 2 is 1.87 bits per heavy atom. The Morgan fingerprint density at radius 3 is 2.58 bits per heavy atom. The van der Waals surface area contributed by atoms with E-state index in [0.29, 0.717) is 17.0 Å². The lowest BCUT2D eigenvalue weighted by Gasteiger charge is -2.40. The van der Waals surface area contributed by atoms with Crippen LogP contribution in [0.2, 0.25) is 0 Å². The highest BCUT2D eigenvalue weighted by molar-refractivity contribution is 5.92. The average molecular weight is 422 g/mol. The summed E-state index contributed by atoms with van der Waals surface area (Å²) in [4.78, 5) is 28.7. The van der Waals surface area contributed by atoms with Crippen LogP contribution < -0.4 is 10.2 Å². The molecule has 2 saturated heterocycles. The summed E-state index contributed by atoms with van der Waals surface area (Å²) in [7, 11) is 2.12. The average Bonchev–Trinajstić information content (AvgIpc) is 2.78. The molecule has 31 heavy (non-hydrogen) atoms. The minimum atomic E-state index is -0.124. The van der Waals surface area contributed by atoms with Crippen molar-refractivity contribution in [3.05, 3.63) is 30.1 Å². The maximum Gasteiger partial charge on any atom is 0.237 e. The zero-order valence-corrected chi connectivity index (χ0v) is 18.6. The number of hydrogen-bond donors (Lipinski definition) is 1. The third kappa shape index (κ3) is 4.63. The number of nitrogens with zero attached hydrogens (tertiary/aromatic N) is 6. The second-order valence-corrected chi connectivity index (χ2v) is 8.96. The van der Waals surface area contributed by atoms with E-state index in [1.165, 1.54) is 0 Å². The van der Waals surface area contributed by atoms with E-state index < -0.39 is 0 Å². The Bertz CT molecular complexity index is 980. The van der Waals surface area contributed by atoms with E-state index in [9.17, 15) is 10.1 Å². The van der Waals surface area contributed by atoms with Gasteiger partial charge in [-0.25, -0.2) is 0 Å². The number of amides is 1. The number of nitriles is 1. The molecule has 2 aliphatic heterocycles. The van der Waals surface area contributed by atoms with Crippen molar-refractivity contribution in [2.45, 2.75) is 32.4 Å². The van der Waals surface area contributed by atoms with Gasteiger partial charge in [0, 0.05) is 57.7 Å². The lowest BCUT2D eigenvalue weighted by Crippen LogP contribution is -2.57. The molecule has 0 saturated carbocycles. The van der Waals surface area contributed by atoms with E-state index in [0.717, 1.165) is 56.9 Å². The number of hydrogen-bond acceptors (Lipinski definition) is 7. The van der Waals surface area contributed by atoms with Crippen molar-refractivity contribution in [2.75, 3.05) is 51.2 Å². The van der Waals surface area contributed by atoms with Crippen LogP contribution in [0.5, 0.6) is 0 Å². The third-order valence-corrected chi connectivity index (χ3v) is 6.54. The molecule has 0 spiro atoms. The van der Waals surface area contributed by atoms with Crippen LogP contribution in [0.3, 0.4) is 0 Å². The van der Waals surface area contributed by atoms with Gasteiger partial charge >= 0.3 is 0 Å². The van der Waals surface area contributed by atoms with Gasteiger partial charge in [0.2, 0.25) is 5.91 Å². The monoisotopic (exact) mass is 421 g/mol. The molecule has 0 radical (unpaired) electrons. The first kappa shape index (κ1) is 21.5. The van der Waals surface area contributed by atoms with Gasteiger partial charge in [-0.15, -0.1) is 0 Å². The summed E-state index contributed by atoms with van der Waals surface area (Å²) in [6.45, 7) is 9.68. The highest BCUT2D eigenvalue weighted by Crippen LogP contribution is 2.30. The van der Waals surface area contributed by atoms with Gasteiger partial charge < -0.3 is 15.1 Å². The quantitative estimate of drug-likeness (QED) is 0.800. The zero-order chi connectivity index (χ0) is 22.0. The predicted octanol–water partition coefficient (Wildman–Crippen LogP) is 1.47. The minimum absolute atomic E-state index is 0.0773. The molecule has 164 valence electrons. The summed E-state index contributed by atoms with van der Waals surface area (Å²) in [5, 5.41) is 12.7. The Kier molecular flexibility index (Phi) is 6.35. The molecule has 3 unspecified atom stereocenters. The van der Waals surface area contributed by atoms with Crippen LogP contribution in [0, 0.1) is 17.2 Å². The molecule has 8 heteroatoms. The standard InChI is InChI=1S/C23H31N7O/c1-16-12-19(27-23(31)17(2)29-10-8-28(3)9-11-29)15-30(14-16)20-5-4-18(13-24)21-22(20)26-7-6-25-21/h4-7,16-17,19H,8-12,14-15H2,1-3H3,(H,27,31). The number of carbonyl (C=O) groups excluding carboxylic acids is 1. The fourth-order valence-corrected chi connectivity index (χ4v) is 4.74. The van der Waals surface area contributed by atoms with Gasteiger partial charge in [-0.05, 0) is 38.4 Å². The second-order valence-electron chi connectivity index (χ2n) is 8.96. The van der Waals surface area contributed by atoms with Gasteiger partial charge in [0.25, 0.3) is 0 Å². The van der Waals surface area contributed by atoms with E-state index in [1.54, 1.807) is 12.4 Å². The zero-order valence-electron chi connectivity index (χ0n) is 18.6. The minimum Gasteiger partial charge on any atom is -0.367 e. The predicted molar refractivity (Wildman–Crippen MR) is 121 cm³/mol. The van der Waals surface area contributed by atoms with E-state index in [-0.39, 0.29) is 18.0 Å². The maximum absolute atomic E-state index is 13.0. The van der Waals surface area contributed by atoms with Gasteiger partial charge in [-0.1, -0.05) is 6.92 Å². The number of nitrogens with one attached hydrogen (secondary N) is 1. The molecule has 1 N–H and O–H groups in total. The first-order valence-electron chi connectivity index (χ1n) is 11.1. The lowest BCUT2D eigenvalue weighted by atomic mass is 9.94. The molecule has 1 aromatic carbocycles. The number of likely N-dealkylation sites (N-methyl/N-ethyl adjacent to an activating group) is 1. The smallest absolute Gasteiger partial charge is 0.237 e. The first-order chi connectivity index (χ1) is 15.0. The summed E-state index contributed by atoms with van der Waals surface area (Å²) >= 11 is 0. The van der Waals surface area contributed by atoms with Crippen LogP contribution in [0.4, 0.5) is 5.69 Å². The van der Waals surface area contributed by atoms with Gasteiger partial charge in [0.15, 0.2) is 0 Å². The largest absolute Gasteiger partial charge is 0.367 e. The summed E-state index contributed by atoms with van der Waals surface area (Å²) in [5.41, 5.74) is 2.87. The highest BCUT2D eigenvalue weighted by atomic mass is 16.2. The normalized spacial score (nSPS) is 24.0. The Morgan fingerprint density at radius 1 is 1.16 bits per heavy atom. The summed E-state index contributed by atoms with van der Waals surface area (Å²) in [6, 6.07) is 5.93. The molecule has 2 aliphatic rings. The number of aromatic nitrogens is 2. The van der Waals surface area contributed by atoms with Crippen LogP contribution in [0.25, 0.3) is 11.0 Å². The molecule has 4 rings (SSSR count). The number of rotatable bonds is 4. The SMILES string of the molecule is CC1CC(NC(=O)C(C)N2CCN(C)CC2)CN(c2ccc(C#N)c3nccnc23)C1. The van der Waals surface area contributed by atoms with E-state index in [1.807, 2.05) is 19.1 Å². The maximum atomic E-state index is 13.0. The molecule has 0 bridgehead atoms. The van der Waals surface area contributed by atoms with Crippen molar-refractivity contribution in [1.29, 1.82) is 5.26 Å². The number of piperazine rings is 1. The second kappa shape index (κ2) is 9.16. The molecule has 8 nitrogen and oxygen atoms in total. The number of anilines is 1. The van der Waals surface area contributed by atoms with Gasteiger partial charge in [-0.3, -0.25) is 19.7 Å². The van der Waals surface area contributed by atoms with Crippen molar-refractivity contribution in [3.8, 4) is 6.07 Å². The van der Waals surface area contributed by atoms with Crippen LogP contribution in [-0.4, -0.2) is 84.1 Å². The number of carbonyl (C=O) groups is 1. The Balaban J connectivity index is 1.48. The van der Waals surface area contributed by atoms with Crippen molar-refractivity contribution in [1.82, 2.24) is 25.1 Å². The first-order valence-corrected chi connectivity index (χ1v) is 11.1. The third-order valence-electron chi connectivity index (χ3n) is 6.54. The number of benzene rings is 1. The Labute approximate surface area is 183 Å². The van der Waals surface area contributed by atoms with Crippen LogP contribution >= 0.6 is 0 Å². The molecule has 3 heterocycles. The van der Waals surface area contributed by atoms with Crippen molar-refractivity contribution in [2.24, 2.45) is 5.92 Å². The molecule has 0 aliphatic carbocycles. The van der Waals surface area contributed by atoms with Crippen LogP contribution in [0.1, 0.15) is 25.8 Å². The van der Waals surface area contributed by atoms with Crippen LogP contribution in [-0.2, 0) is 4.79 Å². The molecule has 1 amide bonds. The molecular weight excluding hydrogens is 390 g/mol. The molecule has 1 aromatic heterocycles. The van der Waals surface area contributed by atoms with Crippen molar-refractivity contribution < 1.29 is 4.79 Å². The van der Waals surface area contributed by atoms with Crippen molar-refractivity contribution in [3.63, 3.8) is 0 Å². The van der Waals surface area contributed by atoms with E-state index >= 15 is 0 Å². The lowest BCUT2D eigenvalue weighted by molar-refractivity contribution is -0.127. The summed E-state index contributed by atoms with van der Waals surface area (Å²) < 4.78 is 0. The van der Waals surface area contributed by atoms with Crippen LogP contribution in [0.15, 0.2) is 24.5 Å².